The maximum absolute atomic E-state index is 13.2. The molecule has 0 radical (unpaired) electrons. The third kappa shape index (κ3) is 3.50. The molecule has 0 saturated heterocycles. The molecule has 13 heteroatoms. The SMILES string of the molecule is CCS(=O)(=O)c1nn2c(NC3(C)CC3)ccnc2c1-c1nc2cc(C(F)(F)F)cnc2n1C. The van der Waals surface area contributed by atoms with Crippen molar-refractivity contribution in [2.24, 2.45) is 7.05 Å². The van der Waals surface area contributed by atoms with E-state index in [4.69, 9.17) is 0 Å². The quantitative estimate of drug-likeness (QED) is 0.467. The molecular weight excluding hydrogens is 459 g/mol. The zero-order chi connectivity index (χ0) is 23.8. The van der Waals surface area contributed by atoms with Crippen LogP contribution in [0, 0.1) is 0 Å². The molecule has 0 spiro atoms. The van der Waals surface area contributed by atoms with Crippen LogP contribution >= 0.6 is 0 Å². The van der Waals surface area contributed by atoms with E-state index in [1.165, 1.54) is 22.2 Å². The number of rotatable bonds is 5. The minimum absolute atomic E-state index is 0.0127. The van der Waals surface area contributed by atoms with Gasteiger partial charge in [-0.25, -0.2) is 23.4 Å². The minimum Gasteiger partial charge on any atom is -0.365 e. The van der Waals surface area contributed by atoms with Crippen LogP contribution in [0.4, 0.5) is 19.0 Å². The number of fused-ring (bicyclic) bond motifs is 2. The number of anilines is 1. The van der Waals surface area contributed by atoms with E-state index in [9.17, 15) is 21.6 Å². The molecule has 0 amide bonds. The lowest BCUT2D eigenvalue weighted by atomic mass is 10.2. The predicted octanol–water partition coefficient (Wildman–Crippen LogP) is 3.45. The normalized spacial score (nSPS) is 15.9. The molecule has 1 saturated carbocycles. The molecule has 174 valence electrons. The summed E-state index contributed by atoms with van der Waals surface area (Å²) in [6, 6.07) is 2.58. The Bertz CT molecular complexity index is 1520. The standard InChI is InChI=1S/C20H20F3N7O2S/c1-4-33(31,32)18-14(16-24-8-5-13(30(16)28-18)27-19(2)6-7-19)17-26-12-9-11(20(21,22)23)10-25-15(12)29(17)3/h5,8-10,27H,4,6-7H2,1-3H3. The summed E-state index contributed by atoms with van der Waals surface area (Å²) in [4.78, 5) is 12.6. The van der Waals surface area contributed by atoms with Gasteiger partial charge in [-0.05, 0) is 31.9 Å². The Kier molecular flexibility index (Phi) is 4.51. The van der Waals surface area contributed by atoms with Crippen molar-refractivity contribution in [3.05, 3.63) is 30.1 Å². The number of sulfone groups is 1. The van der Waals surface area contributed by atoms with Gasteiger partial charge in [0, 0.05) is 25.0 Å². The van der Waals surface area contributed by atoms with Crippen LogP contribution in [0.5, 0.6) is 0 Å². The Morgan fingerprint density at radius 3 is 2.58 bits per heavy atom. The van der Waals surface area contributed by atoms with Crippen molar-refractivity contribution < 1.29 is 21.6 Å². The molecule has 33 heavy (non-hydrogen) atoms. The van der Waals surface area contributed by atoms with E-state index in [1.807, 2.05) is 6.92 Å². The summed E-state index contributed by atoms with van der Waals surface area (Å²) in [5, 5.41) is 7.49. The number of imidazole rings is 1. The first kappa shape index (κ1) is 21.6. The predicted molar refractivity (Wildman–Crippen MR) is 114 cm³/mol. The molecule has 0 unspecified atom stereocenters. The first-order valence-electron chi connectivity index (χ1n) is 10.2. The smallest absolute Gasteiger partial charge is 0.365 e. The van der Waals surface area contributed by atoms with Crippen LogP contribution in [-0.2, 0) is 23.1 Å². The number of aromatic nitrogens is 6. The zero-order valence-corrected chi connectivity index (χ0v) is 18.8. The highest BCUT2D eigenvalue weighted by atomic mass is 32.2. The fourth-order valence-electron chi connectivity index (χ4n) is 3.65. The molecule has 4 aromatic rings. The molecule has 0 atom stereocenters. The highest BCUT2D eigenvalue weighted by molar-refractivity contribution is 7.91. The molecule has 0 aliphatic heterocycles. The average molecular weight is 479 g/mol. The fourth-order valence-corrected chi connectivity index (χ4v) is 4.62. The Morgan fingerprint density at radius 1 is 1.21 bits per heavy atom. The molecule has 0 bridgehead atoms. The fraction of sp³-hybridized carbons (Fsp3) is 0.400. The molecular formula is C20H20F3N7O2S. The molecule has 4 heterocycles. The van der Waals surface area contributed by atoms with Gasteiger partial charge in [0.25, 0.3) is 0 Å². The summed E-state index contributed by atoms with van der Waals surface area (Å²) in [5.74, 6) is 0.460. The van der Waals surface area contributed by atoms with Gasteiger partial charge >= 0.3 is 6.18 Å². The summed E-state index contributed by atoms with van der Waals surface area (Å²) in [5.41, 5.74) is -0.539. The van der Waals surface area contributed by atoms with E-state index in [1.54, 1.807) is 13.1 Å². The average Bonchev–Trinajstić information content (AvgIpc) is 3.20. The van der Waals surface area contributed by atoms with Gasteiger partial charge in [-0.2, -0.15) is 22.8 Å². The van der Waals surface area contributed by atoms with Gasteiger partial charge in [-0.15, -0.1) is 0 Å². The molecule has 5 rings (SSSR count). The number of alkyl halides is 3. The van der Waals surface area contributed by atoms with Crippen LogP contribution < -0.4 is 5.32 Å². The van der Waals surface area contributed by atoms with Gasteiger partial charge in [-0.3, -0.25) is 0 Å². The van der Waals surface area contributed by atoms with Crippen LogP contribution in [0.25, 0.3) is 28.2 Å². The molecule has 1 N–H and O–H groups in total. The van der Waals surface area contributed by atoms with Crippen LogP contribution in [0.2, 0.25) is 0 Å². The lowest BCUT2D eigenvalue weighted by molar-refractivity contribution is -0.137. The summed E-state index contributed by atoms with van der Waals surface area (Å²) in [7, 11) is -2.26. The lowest BCUT2D eigenvalue weighted by Gasteiger charge is -2.13. The number of nitrogens with zero attached hydrogens (tertiary/aromatic N) is 6. The second-order valence-electron chi connectivity index (χ2n) is 8.39. The van der Waals surface area contributed by atoms with Crippen LogP contribution in [0.1, 0.15) is 32.3 Å². The van der Waals surface area contributed by atoms with Gasteiger partial charge in [0.05, 0.1) is 11.3 Å². The van der Waals surface area contributed by atoms with Crippen molar-refractivity contribution >= 4 is 32.5 Å². The Labute approximate surface area is 186 Å². The molecule has 1 fully saturated rings. The third-order valence-electron chi connectivity index (χ3n) is 5.85. The molecule has 4 aromatic heterocycles. The van der Waals surface area contributed by atoms with Crippen LogP contribution in [0.15, 0.2) is 29.6 Å². The first-order valence-corrected chi connectivity index (χ1v) is 11.9. The summed E-state index contributed by atoms with van der Waals surface area (Å²) >= 11 is 0. The number of hydrogen-bond donors (Lipinski definition) is 1. The first-order chi connectivity index (χ1) is 15.4. The second-order valence-corrected chi connectivity index (χ2v) is 10.6. The summed E-state index contributed by atoms with van der Waals surface area (Å²) in [6.07, 6.45) is -0.406. The van der Waals surface area contributed by atoms with Crippen molar-refractivity contribution in [1.29, 1.82) is 0 Å². The van der Waals surface area contributed by atoms with E-state index in [-0.39, 0.29) is 44.5 Å². The van der Waals surface area contributed by atoms with Gasteiger partial charge in [0.15, 0.2) is 26.2 Å². The minimum atomic E-state index is -4.58. The maximum Gasteiger partial charge on any atom is 0.417 e. The number of halogens is 3. The topological polar surface area (TPSA) is 107 Å². The number of pyridine rings is 1. The van der Waals surface area contributed by atoms with Crippen LogP contribution in [0.3, 0.4) is 0 Å². The van der Waals surface area contributed by atoms with Gasteiger partial charge < -0.3 is 9.88 Å². The van der Waals surface area contributed by atoms with E-state index in [2.05, 4.69) is 25.4 Å². The van der Waals surface area contributed by atoms with Crippen LogP contribution in [-0.4, -0.2) is 48.8 Å². The van der Waals surface area contributed by atoms with E-state index in [0.29, 0.717) is 5.82 Å². The summed E-state index contributed by atoms with van der Waals surface area (Å²) in [6.45, 7) is 3.54. The molecule has 0 aromatic carbocycles. The second kappa shape index (κ2) is 6.89. The Hall–Kier alpha value is -3.22. The van der Waals surface area contributed by atoms with E-state index >= 15 is 0 Å². The highest BCUT2D eigenvalue weighted by Gasteiger charge is 2.38. The van der Waals surface area contributed by atoms with E-state index < -0.39 is 21.6 Å². The van der Waals surface area contributed by atoms with Crippen molar-refractivity contribution in [1.82, 2.24) is 29.1 Å². The third-order valence-corrected chi connectivity index (χ3v) is 7.49. The monoisotopic (exact) mass is 479 g/mol. The summed E-state index contributed by atoms with van der Waals surface area (Å²) < 4.78 is 68.3. The Morgan fingerprint density at radius 2 is 1.94 bits per heavy atom. The zero-order valence-electron chi connectivity index (χ0n) is 18.0. The molecule has 1 aliphatic carbocycles. The van der Waals surface area contributed by atoms with E-state index in [0.717, 1.165) is 25.1 Å². The van der Waals surface area contributed by atoms with Crippen molar-refractivity contribution in [3.8, 4) is 11.4 Å². The van der Waals surface area contributed by atoms with Crippen molar-refractivity contribution in [3.63, 3.8) is 0 Å². The maximum atomic E-state index is 13.2. The van der Waals surface area contributed by atoms with Crippen molar-refractivity contribution in [2.45, 2.75) is 43.4 Å². The number of nitrogens with one attached hydrogen (secondary N) is 1. The molecule has 9 nitrogen and oxygen atoms in total. The number of hydrogen-bond acceptors (Lipinski definition) is 7. The van der Waals surface area contributed by atoms with Gasteiger partial charge in [0.2, 0.25) is 0 Å². The Balaban J connectivity index is 1.80. The van der Waals surface area contributed by atoms with Crippen molar-refractivity contribution in [2.75, 3.05) is 11.1 Å². The largest absolute Gasteiger partial charge is 0.417 e. The lowest BCUT2D eigenvalue weighted by Crippen LogP contribution is -2.18. The molecule has 1 aliphatic rings. The highest BCUT2D eigenvalue weighted by Crippen LogP contribution is 2.39. The van der Waals surface area contributed by atoms with Gasteiger partial charge in [-0.1, -0.05) is 6.92 Å². The number of aryl methyl sites for hydroxylation is 1. The van der Waals surface area contributed by atoms with Gasteiger partial charge in [0.1, 0.15) is 22.7 Å².